The molecule has 1 aromatic heterocycles. The second kappa shape index (κ2) is 9.21. The lowest BCUT2D eigenvalue weighted by molar-refractivity contribution is -0.119. The molecule has 0 saturated carbocycles. The van der Waals surface area contributed by atoms with E-state index < -0.39 is 5.91 Å². The number of amides is 2. The van der Waals surface area contributed by atoms with Gasteiger partial charge in [-0.3, -0.25) is 14.9 Å². The van der Waals surface area contributed by atoms with Gasteiger partial charge in [-0.1, -0.05) is 62.4 Å². The molecule has 3 rings (SSSR count). The highest BCUT2D eigenvalue weighted by molar-refractivity contribution is 7.99. The van der Waals surface area contributed by atoms with Gasteiger partial charge >= 0.3 is 0 Å². The number of nitrogens with zero attached hydrogens (tertiary/aromatic N) is 4. The molecule has 2 aromatic carbocycles. The fraction of sp³-hybridized carbons (Fsp3) is 0.318. The van der Waals surface area contributed by atoms with E-state index in [2.05, 4.69) is 41.6 Å². The molecular formula is C22H25N5O2S. The molecule has 7 nitrogen and oxygen atoms in total. The fourth-order valence-electron chi connectivity index (χ4n) is 2.73. The monoisotopic (exact) mass is 423 g/mol. The molecule has 0 aliphatic rings. The number of hydrogen-bond donors (Lipinski definition) is 1. The molecule has 0 fully saturated rings. The van der Waals surface area contributed by atoms with Crippen LogP contribution in [0.3, 0.4) is 0 Å². The van der Waals surface area contributed by atoms with Gasteiger partial charge in [0.15, 0.2) is 0 Å². The molecule has 1 N–H and O–H groups in total. The van der Waals surface area contributed by atoms with E-state index in [-0.39, 0.29) is 17.7 Å². The number of hydrogen-bond acceptors (Lipinski definition) is 6. The number of thioether (sulfide) groups is 1. The zero-order valence-corrected chi connectivity index (χ0v) is 18.4. The highest BCUT2D eigenvalue weighted by Gasteiger charge is 2.16. The molecule has 0 saturated heterocycles. The number of carbonyl (C=O) groups is 2. The molecule has 0 spiro atoms. The van der Waals surface area contributed by atoms with E-state index in [0.717, 1.165) is 16.8 Å². The summed E-state index contributed by atoms with van der Waals surface area (Å²) < 4.78 is 1.63. The Kier molecular flexibility index (Phi) is 6.66. The van der Waals surface area contributed by atoms with Gasteiger partial charge in [-0.25, -0.2) is 0 Å². The summed E-state index contributed by atoms with van der Waals surface area (Å²) in [5.41, 5.74) is 3.61. The normalized spacial score (nSPS) is 11.3. The summed E-state index contributed by atoms with van der Waals surface area (Å²) in [5.74, 6) is -0.273. The summed E-state index contributed by atoms with van der Waals surface area (Å²) in [6.07, 6.45) is 0.178. The summed E-state index contributed by atoms with van der Waals surface area (Å²) in [7, 11) is 0. The predicted molar refractivity (Wildman–Crippen MR) is 117 cm³/mol. The summed E-state index contributed by atoms with van der Waals surface area (Å²) in [6.45, 7) is 8.34. The van der Waals surface area contributed by atoms with Crippen LogP contribution in [0.4, 0.5) is 0 Å². The highest BCUT2D eigenvalue weighted by Crippen LogP contribution is 2.22. The Bertz CT molecular complexity index is 1020. The molecule has 2 amide bonds. The number of carbonyl (C=O) groups excluding carboxylic acids is 2. The fourth-order valence-corrected chi connectivity index (χ4v) is 3.56. The smallest absolute Gasteiger partial charge is 0.257 e. The minimum Gasteiger partial charge on any atom is -0.292 e. The van der Waals surface area contributed by atoms with Crippen molar-refractivity contribution in [3.8, 4) is 5.69 Å². The third-order valence-electron chi connectivity index (χ3n) is 4.55. The van der Waals surface area contributed by atoms with Gasteiger partial charge in [0.25, 0.3) is 5.91 Å². The predicted octanol–water partition coefficient (Wildman–Crippen LogP) is 3.71. The number of aromatic nitrogens is 4. The van der Waals surface area contributed by atoms with Gasteiger partial charge in [-0.15, -0.1) is 5.10 Å². The molecule has 0 aliphatic carbocycles. The first-order chi connectivity index (χ1) is 14.2. The molecule has 0 bridgehead atoms. The van der Waals surface area contributed by atoms with Crippen LogP contribution in [0.1, 0.15) is 48.7 Å². The van der Waals surface area contributed by atoms with Crippen molar-refractivity contribution in [2.45, 2.75) is 44.7 Å². The van der Waals surface area contributed by atoms with Crippen molar-refractivity contribution in [1.82, 2.24) is 25.5 Å². The zero-order valence-electron chi connectivity index (χ0n) is 17.5. The van der Waals surface area contributed by atoms with Gasteiger partial charge < -0.3 is 0 Å². The third kappa shape index (κ3) is 5.54. The average molecular weight is 424 g/mol. The van der Waals surface area contributed by atoms with Crippen molar-refractivity contribution >= 4 is 23.6 Å². The Morgan fingerprint density at radius 2 is 1.70 bits per heavy atom. The second-order valence-electron chi connectivity index (χ2n) is 8.01. The van der Waals surface area contributed by atoms with E-state index in [0.29, 0.717) is 16.5 Å². The van der Waals surface area contributed by atoms with Crippen LogP contribution in [0, 0.1) is 6.92 Å². The summed E-state index contributed by atoms with van der Waals surface area (Å²) in [4.78, 5) is 24.5. The summed E-state index contributed by atoms with van der Waals surface area (Å²) >= 11 is 1.36. The number of imide groups is 1. The molecular weight excluding hydrogens is 398 g/mol. The SMILES string of the molecule is Cc1ccc(-n2nnnc2SCCC(=O)NC(=O)c2ccc(C(C)(C)C)cc2)cc1. The first-order valence-electron chi connectivity index (χ1n) is 9.67. The van der Waals surface area contributed by atoms with Crippen molar-refractivity contribution < 1.29 is 9.59 Å². The van der Waals surface area contributed by atoms with Crippen LogP contribution in [-0.4, -0.2) is 37.8 Å². The Labute approximate surface area is 180 Å². The quantitative estimate of drug-likeness (QED) is 0.608. The lowest BCUT2D eigenvalue weighted by Gasteiger charge is -2.19. The van der Waals surface area contributed by atoms with E-state index in [1.54, 1.807) is 16.8 Å². The number of benzene rings is 2. The second-order valence-corrected chi connectivity index (χ2v) is 9.07. The van der Waals surface area contributed by atoms with Gasteiger partial charge in [0.05, 0.1) is 5.69 Å². The van der Waals surface area contributed by atoms with Crippen LogP contribution in [0.2, 0.25) is 0 Å². The standard InChI is InChI=1S/C22H25N5O2S/c1-15-5-11-18(12-6-15)27-21(24-25-26-27)30-14-13-19(28)23-20(29)16-7-9-17(10-8-16)22(2,3)4/h5-12H,13-14H2,1-4H3,(H,23,28,29). The van der Waals surface area contributed by atoms with Crippen LogP contribution in [0.15, 0.2) is 53.7 Å². The molecule has 0 radical (unpaired) electrons. The molecule has 3 aromatic rings. The van der Waals surface area contributed by atoms with Crippen LogP contribution in [0.25, 0.3) is 5.69 Å². The Morgan fingerprint density at radius 3 is 2.33 bits per heavy atom. The van der Waals surface area contributed by atoms with Crippen LogP contribution >= 0.6 is 11.8 Å². The molecule has 0 aliphatic heterocycles. The molecule has 0 unspecified atom stereocenters. The van der Waals surface area contributed by atoms with Crippen molar-refractivity contribution in [3.63, 3.8) is 0 Å². The van der Waals surface area contributed by atoms with E-state index >= 15 is 0 Å². The first-order valence-corrected chi connectivity index (χ1v) is 10.7. The van der Waals surface area contributed by atoms with Crippen LogP contribution < -0.4 is 5.32 Å². The van der Waals surface area contributed by atoms with Crippen molar-refractivity contribution in [1.29, 1.82) is 0 Å². The molecule has 8 heteroatoms. The van der Waals surface area contributed by atoms with E-state index in [1.165, 1.54) is 11.8 Å². The van der Waals surface area contributed by atoms with Gasteiger partial charge in [-0.2, -0.15) is 4.68 Å². The number of aryl methyl sites for hydroxylation is 1. The van der Waals surface area contributed by atoms with Gasteiger partial charge in [0, 0.05) is 17.7 Å². The topological polar surface area (TPSA) is 89.8 Å². The minimum absolute atomic E-state index is 0.00996. The number of tetrazole rings is 1. The zero-order chi connectivity index (χ0) is 21.7. The third-order valence-corrected chi connectivity index (χ3v) is 5.47. The largest absolute Gasteiger partial charge is 0.292 e. The van der Waals surface area contributed by atoms with Crippen molar-refractivity contribution in [3.05, 3.63) is 65.2 Å². The Morgan fingerprint density at radius 1 is 1.03 bits per heavy atom. The summed E-state index contributed by atoms with van der Waals surface area (Å²) in [5, 5.41) is 14.8. The lowest BCUT2D eigenvalue weighted by Crippen LogP contribution is -2.30. The first kappa shape index (κ1) is 21.7. The molecule has 1 heterocycles. The van der Waals surface area contributed by atoms with Crippen LogP contribution in [-0.2, 0) is 10.2 Å². The van der Waals surface area contributed by atoms with Crippen molar-refractivity contribution in [2.75, 3.05) is 5.75 Å². The minimum atomic E-state index is -0.394. The lowest BCUT2D eigenvalue weighted by atomic mass is 9.87. The van der Waals surface area contributed by atoms with Gasteiger partial charge in [0.1, 0.15) is 0 Å². The summed E-state index contributed by atoms with van der Waals surface area (Å²) in [6, 6.07) is 15.2. The molecule has 0 atom stereocenters. The van der Waals surface area contributed by atoms with Gasteiger partial charge in [-0.05, 0) is 52.6 Å². The van der Waals surface area contributed by atoms with E-state index in [9.17, 15) is 9.59 Å². The van der Waals surface area contributed by atoms with Gasteiger partial charge in [0.2, 0.25) is 11.1 Å². The van der Waals surface area contributed by atoms with E-state index in [4.69, 9.17) is 0 Å². The number of nitrogens with one attached hydrogen (secondary N) is 1. The Balaban J connectivity index is 1.51. The van der Waals surface area contributed by atoms with E-state index in [1.807, 2.05) is 43.3 Å². The highest BCUT2D eigenvalue weighted by atomic mass is 32.2. The molecule has 30 heavy (non-hydrogen) atoms. The number of rotatable bonds is 6. The van der Waals surface area contributed by atoms with Crippen molar-refractivity contribution in [2.24, 2.45) is 0 Å². The maximum atomic E-state index is 12.3. The maximum Gasteiger partial charge on any atom is 0.257 e. The Hall–Kier alpha value is -3.00. The maximum absolute atomic E-state index is 12.3. The van der Waals surface area contributed by atoms with Crippen LogP contribution in [0.5, 0.6) is 0 Å². The average Bonchev–Trinajstić information content (AvgIpc) is 3.16. The molecule has 156 valence electrons.